The Morgan fingerprint density at radius 3 is 2.16 bits per heavy atom. The number of sulfone groups is 1. The SMILES string of the molecule is CCCC(CCC)S(=O)(=O)CC(NC(=O)c1cccnc1)C(=O)NC(CC(C)C)C(O)C(O)CC(=O)NCc1ccccc1. The molecule has 1 heterocycles. The first-order valence-corrected chi connectivity index (χ1v) is 17.0. The maximum atomic E-state index is 13.6. The molecule has 0 spiro atoms. The first-order chi connectivity index (χ1) is 20.9. The number of aromatic nitrogens is 1. The summed E-state index contributed by atoms with van der Waals surface area (Å²) in [5.74, 6) is -2.65. The van der Waals surface area contributed by atoms with Crippen molar-refractivity contribution in [2.75, 3.05) is 5.75 Å². The van der Waals surface area contributed by atoms with Gasteiger partial charge in [0.05, 0.1) is 35.1 Å². The molecule has 4 unspecified atom stereocenters. The topological polar surface area (TPSA) is 175 Å². The normalized spacial score (nSPS) is 14.5. The molecule has 244 valence electrons. The van der Waals surface area contributed by atoms with Gasteiger partial charge in [-0.1, -0.05) is 70.9 Å². The van der Waals surface area contributed by atoms with Gasteiger partial charge in [0.25, 0.3) is 5.91 Å². The highest BCUT2D eigenvalue weighted by molar-refractivity contribution is 7.92. The molecule has 0 aliphatic heterocycles. The lowest BCUT2D eigenvalue weighted by molar-refractivity contribution is -0.127. The molecule has 0 aliphatic rings. The quantitative estimate of drug-likeness (QED) is 0.157. The van der Waals surface area contributed by atoms with E-state index in [9.17, 15) is 33.0 Å². The van der Waals surface area contributed by atoms with Crippen LogP contribution in [0.5, 0.6) is 0 Å². The summed E-state index contributed by atoms with van der Waals surface area (Å²) in [5.41, 5.74) is 1.02. The predicted molar refractivity (Wildman–Crippen MR) is 169 cm³/mol. The third-order valence-electron chi connectivity index (χ3n) is 7.26. The lowest BCUT2D eigenvalue weighted by Gasteiger charge is -2.31. The molecule has 4 atom stereocenters. The van der Waals surface area contributed by atoms with Crippen molar-refractivity contribution in [1.29, 1.82) is 0 Å². The number of amides is 3. The van der Waals surface area contributed by atoms with E-state index >= 15 is 0 Å². The third-order valence-corrected chi connectivity index (χ3v) is 9.55. The van der Waals surface area contributed by atoms with E-state index in [0.717, 1.165) is 5.56 Å². The lowest BCUT2D eigenvalue weighted by Crippen LogP contribution is -2.57. The highest BCUT2D eigenvalue weighted by Gasteiger charge is 2.36. The second-order valence-electron chi connectivity index (χ2n) is 11.6. The van der Waals surface area contributed by atoms with E-state index in [1.54, 1.807) is 6.07 Å². The largest absolute Gasteiger partial charge is 0.390 e. The van der Waals surface area contributed by atoms with E-state index in [1.165, 1.54) is 18.5 Å². The van der Waals surface area contributed by atoms with Gasteiger partial charge < -0.3 is 26.2 Å². The zero-order valence-corrected chi connectivity index (χ0v) is 26.9. The summed E-state index contributed by atoms with van der Waals surface area (Å²) in [5, 5.41) is 29.0. The number of hydrogen-bond donors (Lipinski definition) is 5. The van der Waals surface area contributed by atoms with Crippen molar-refractivity contribution >= 4 is 27.6 Å². The van der Waals surface area contributed by atoms with E-state index in [-0.39, 0.29) is 24.4 Å². The number of nitrogens with one attached hydrogen (secondary N) is 3. The molecule has 0 saturated carbocycles. The van der Waals surface area contributed by atoms with Crippen LogP contribution in [0.1, 0.15) is 82.1 Å². The third kappa shape index (κ3) is 12.3. The number of rotatable bonds is 19. The van der Waals surface area contributed by atoms with E-state index in [0.29, 0.717) is 25.7 Å². The maximum absolute atomic E-state index is 13.6. The molecule has 11 nitrogen and oxygen atoms in total. The molecule has 0 radical (unpaired) electrons. The van der Waals surface area contributed by atoms with Crippen LogP contribution in [0.2, 0.25) is 0 Å². The molecule has 0 saturated heterocycles. The maximum Gasteiger partial charge on any atom is 0.253 e. The fraction of sp³-hybridized carbons (Fsp3) is 0.562. The van der Waals surface area contributed by atoms with Crippen LogP contribution in [0.15, 0.2) is 54.9 Å². The summed E-state index contributed by atoms with van der Waals surface area (Å²) in [7, 11) is -3.82. The number of hydrogen-bond acceptors (Lipinski definition) is 8. The Bertz CT molecular complexity index is 1270. The van der Waals surface area contributed by atoms with Gasteiger partial charge in [0.1, 0.15) is 12.1 Å². The molecule has 2 aromatic rings. The predicted octanol–water partition coefficient (Wildman–Crippen LogP) is 2.52. The van der Waals surface area contributed by atoms with Gasteiger partial charge >= 0.3 is 0 Å². The Morgan fingerprint density at radius 2 is 1.59 bits per heavy atom. The molecule has 1 aromatic carbocycles. The second-order valence-corrected chi connectivity index (χ2v) is 13.9. The molecule has 0 fully saturated rings. The Balaban J connectivity index is 2.23. The van der Waals surface area contributed by atoms with Crippen LogP contribution in [0.25, 0.3) is 0 Å². The summed E-state index contributed by atoms with van der Waals surface area (Å²) in [4.78, 5) is 43.1. The summed E-state index contributed by atoms with van der Waals surface area (Å²) < 4.78 is 26.9. The minimum Gasteiger partial charge on any atom is -0.390 e. The molecule has 12 heteroatoms. The number of carbonyl (C=O) groups excluding carboxylic acids is 3. The van der Waals surface area contributed by atoms with Crippen LogP contribution < -0.4 is 16.0 Å². The average Bonchev–Trinajstić information content (AvgIpc) is 2.99. The monoisotopic (exact) mass is 632 g/mol. The van der Waals surface area contributed by atoms with E-state index in [4.69, 9.17) is 0 Å². The summed E-state index contributed by atoms with van der Waals surface area (Å²) in [6.45, 7) is 7.74. The molecule has 3 amide bonds. The van der Waals surface area contributed by atoms with Gasteiger partial charge in [0, 0.05) is 18.9 Å². The van der Waals surface area contributed by atoms with Crippen LogP contribution in [0.3, 0.4) is 0 Å². The van der Waals surface area contributed by atoms with Crippen LogP contribution >= 0.6 is 0 Å². The van der Waals surface area contributed by atoms with E-state index in [1.807, 2.05) is 58.0 Å². The van der Waals surface area contributed by atoms with Crippen molar-refractivity contribution in [3.05, 3.63) is 66.0 Å². The van der Waals surface area contributed by atoms with Gasteiger partial charge in [-0.25, -0.2) is 8.42 Å². The van der Waals surface area contributed by atoms with Crippen LogP contribution in [0, 0.1) is 5.92 Å². The Kier molecular flexibility index (Phi) is 15.5. The van der Waals surface area contributed by atoms with Gasteiger partial charge in [-0.15, -0.1) is 0 Å². The summed E-state index contributed by atoms with van der Waals surface area (Å²) in [6.07, 6.45) is 1.68. The number of aliphatic hydroxyl groups is 2. The summed E-state index contributed by atoms with van der Waals surface area (Å²) in [6, 6.07) is 9.76. The van der Waals surface area contributed by atoms with Crippen molar-refractivity contribution in [2.24, 2.45) is 5.92 Å². The zero-order valence-electron chi connectivity index (χ0n) is 26.1. The van der Waals surface area contributed by atoms with Crippen LogP contribution in [-0.4, -0.2) is 76.6 Å². The first-order valence-electron chi connectivity index (χ1n) is 15.3. The number of carbonyl (C=O) groups is 3. The van der Waals surface area contributed by atoms with E-state index < -0.39 is 69.3 Å². The van der Waals surface area contributed by atoms with Crippen LogP contribution in [-0.2, 0) is 26.0 Å². The molecule has 0 aliphatic carbocycles. The molecule has 2 rings (SSSR count). The number of aliphatic hydroxyl groups excluding tert-OH is 2. The fourth-order valence-electron chi connectivity index (χ4n) is 4.96. The molecular weight excluding hydrogens is 584 g/mol. The van der Waals surface area contributed by atoms with E-state index in [2.05, 4.69) is 20.9 Å². The lowest BCUT2D eigenvalue weighted by atomic mass is 9.94. The minimum atomic E-state index is -3.82. The van der Waals surface area contributed by atoms with Gasteiger partial charge in [-0.05, 0) is 42.9 Å². The van der Waals surface area contributed by atoms with Crippen molar-refractivity contribution in [3.63, 3.8) is 0 Å². The van der Waals surface area contributed by atoms with Gasteiger partial charge in [-0.2, -0.15) is 0 Å². The van der Waals surface area contributed by atoms with Crippen molar-refractivity contribution in [2.45, 2.75) is 102 Å². The molecule has 0 bridgehead atoms. The number of pyridine rings is 1. The zero-order chi connectivity index (χ0) is 32.7. The first kappa shape index (κ1) is 36.8. The highest BCUT2D eigenvalue weighted by atomic mass is 32.2. The smallest absolute Gasteiger partial charge is 0.253 e. The minimum absolute atomic E-state index is 0.0419. The van der Waals surface area contributed by atoms with Gasteiger partial charge in [-0.3, -0.25) is 19.4 Å². The summed E-state index contributed by atoms with van der Waals surface area (Å²) >= 11 is 0. The molecule has 44 heavy (non-hydrogen) atoms. The van der Waals surface area contributed by atoms with Crippen LogP contribution in [0.4, 0.5) is 0 Å². The number of benzene rings is 1. The Labute approximate surface area is 261 Å². The number of nitrogens with zero attached hydrogens (tertiary/aromatic N) is 1. The second kappa shape index (κ2) is 18.5. The molecular formula is C32H48N4O7S. The Hall–Kier alpha value is -3.35. The standard InChI is InChI=1S/C32H48N4O7S/c1-5-11-25(12-6-2)44(42,43)21-27(36-31(40)24-15-10-16-33-20-24)32(41)35-26(17-22(3)4)30(39)28(37)18-29(38)34-19-23-13-8-7-9-14-23/h7-10,13-16,20,22,25-28,30,37,39H,5-6,11-12,17-19,21H2,1-4H3,(H,34,38)(H,35,41)(H,36,40). The van der Waals surface area contributed by atoms with Gasteiger partial charge in [0.15, 0.2) is 9.84 Å². The molecule has 1 aromatic heterocycles. The highest BCUT2D eigenvalue weighted by Crippen LogP contribution is 2.18. The average molecular weight is 633 g/mol. The van der Waals surface area contributed by atoms with Crippen molar-refractivity contribution in [1.82, 2.24) is 20.9 Å². The van der Waals surface area contributed by atoms with Crippen molar-refractivity contribution in [3.8, 4) is 0 Å². The fourth-order valence-corrected chi connectivity index (χ4v) is 7.12. The van der Waals surface area contributed by atoms with Gasteiger partial charge in [0.2, 0.25) is 11.8 Å². The Morgan fingerprint density at radius 1 is 0.932 bits per heavy atom. The molecule has 5 N–H and O–H groups in total. The van der Waals surface area contributed by atoms with Crippen molar-refractivity contribution < 1.29 is 33.0 Å².